The number of anilines is 1. The van der Waals surface area contributed by atoms with Crippen molar-refractivity contribution in [1.29, 1.82) is 0 Å². The van der Waals surface area contributed by atoms with Gasteiger partial charge in [-0.3, -0.25) is 14.4 Å². The van der Waals surface area contributed by atoms with Gasteiger partial charge in [0.1, 0.15) is 30.7 Å². The second-order valence-electron chi connectivity index (χ2n) is 9.46. The first-order chi connectivity index (χ1) is 19.7. The highest BCUT2D eigenvalue weighted by atomic mass is 32.2. The summed E-state index contributed by atoms with van der Waals surface area (Å²) in [6.45, 7) is 4.28. The number of hydrogen-bond donors (Lipinski definition) is 6. The summed E-state index contributed by atoms with van der Waals surface area (Å²) in [6.07, 6.45) is -7.96. The maximum absolute atomic E-state index is 12.6. The van der Waals surface area contributed by atoms with Gasteiger partial charge in [-0.05, 0) is 30.5 Å². The fourth-order valence-electron chi connectivity index (χ4n) is 3.79. The third-order valence-electron chi connectivity index (χ3n) is 6.08. The molecule has 0 bridgehead atoms. The van der Waals surface area contributed by atoms with Crippen LogP contribution in [0.4, 0.5) is 5.69 Å². The Morgan fingerprint density at radius 2 is 1.74 bits per heavy atom. The molecule has 1 heterocycles. The summed E-state index contributed by atoms with van der Waals surface area (Å²) in [4.78, 5) is 47.3. The standard InChI is InChI=1S/C26H36N2O13S/c1-3-42(37,38)12-6-4-5-7-19(30)27-11-10-20(31)28-17-13-16(14-39-15(2)29)8-9-18(17)40-26-23(34)21(32)22(33)24(41-26)25(35)36/h3,8-9,13,21-24,26,32-34H,1,4-7,10-12,14H2,2H3,(H,27,30)(H,28,31)(H,35,36)/t21-,22-,23+,24-,26+/m0/s1. The molecule has 1 aromatic rings. The van der Waals surface area contributed by atoms with Crippen molar-refractivity contribution in [2.75, 3.05) is 17.6 Å². The van der Waals surface area contributed by atoms with Crippen LogP contribution >= 0.6 is 0 Å². The van der Waals surface area contributed by atoms with E-state index in [9.17, 15) is 48.0 Å². The summed E-state index contributed by atoms with van der Waals surface area (Å²) >= 11 is 0. The van der Waals surface area contributed by atoms with Gasteiger partial charge in [0.15, 0.2) is 15.9 Å². The molecular weight excluding hydrogens is 580 g/mol. The van der Waals surface area contributed by atoms with E-state index >= 15 is 0 Å². The second-order valence-corrected chi connectivity index (χ2v) is 11.5. The molecule has 1 saturated heterocycles. The zero-order chi connectivity index (χ0) is 31.4. The zero-order valence-electron chi connectivity index (χ0n) is 22.9. The third kappa shape index (κ3) is 11.0. The van der Waals surface area contributed by atoms with Crippen molar-refractivity contribution in [2.45, 2.75) is 76.3 Å². The molecule has 1 aliphatic heterocycles. The van der Waals surface area contributed by atoms with E-state index in [0.717, 1.165) is 5.41 Å². The number of carbonyl (C=O) groups is 4. The summed E-state index contributed by atoms with van der Waals surface area (Å²) in [5.41, 5.74) is 0.458. The minimum atomic E-state index is -3.28. The first-order valence-electron chi connectivity index (χ1n) is 13.0. The van der Waals surface area contributed by atoms with Crippen molar-refractivity contribution in [3.05, 3.63) is 35.7 Å². The summed E-state index contributed by atoms with van der Waals surface area (Å²) in [5, 5.41) is 45.5. The Bertz CT molecular complexity index is 1240. The number of carbonyl (C=O) groups excluding carboxylic acids is 3. The van der Waals surface area contributed by atoms with Crippen molar-refractivity contribution < 1.29 is 62.2 Å². The van der Waals surface area contributed by atoms with Crippen LogP contribution in [0.3, 0.4) is 0 Å². The minimum Gasteiger partial charge on any atom is -0.479 e. The number of carboxylic acids is 1. The van der Waals surface area contributed by atoms with Crippen molar-refractivity contribution >= 4 is 39.3 Å². The highest BCUT2D eigenvalue weighted by molar-refractivity contribution is 7.94. The first kappa shape index (κ1) is 34.6. The molecule has 6 N–H and O–H groups in total. The van der Waals surface area contributed by atoms with E-state index in [1.54, 1.807) is 0 Å². The smallest absolute Gasteiger partial charge is 0.335 e. The van der Waals surface area contributed by atoms with Gasteiger partial charge in [0.2, 0.25) is 18.1 Å². The minimum absolute atomic E-state index is 0.0202. The van der Waals surface area contributed by atoms with E-state index in [4.69, 9.17) is 14.2 Å². The molecule has 0 aromatic heterocycles. The van der Waals surface area contributed by atoms with Crippen molar-refractivity contribution in [3.63, 3.8) is 0 Å². The van der Waals surface area contributed by atoms with Gasteiger partial charge < -0.3 is 45.3 Å². The number of esters is 1. The van der Waals surface area contributed by atoms with Gasteiger partial charge in [-0.1, -0.05) is 19.1 Å². The van der Waals surface area contributed by atoms with E-state index < -0.39 is 58.4 Å². The fourth-order valence-corrected chi connectivity index (χ4v) is 4.57. The zero-order valence-corrected chi connectivity index (χ0v) is 23.7. The van der Waals surface area contributed by atoms with Gasteiger partial charge in [0, 0.05) is 31.7 Å². The number of ether oxygens (including phenoxy) is 3. The molecule has 2 rings (SSSR count). The Morgan fingerprint density at radius 3 is 2.38 bits per heavy atom. The van der Waals surface area contributed by atoms with Gasteiger partial charge in [-0.2, -0.15) is 0 Å². The number of rotatable bonds is 16. The number of unbranched alkanes of at least 4 members (excludes halogenated alkanes) is 2. The molecule has 42 heavy (non-hydrogen) atoms. The quantitative estimate of drug-likeness (QED) is 0.102. The molecular formula is C26H36N2O13S. The van der Waals surface area contributed by atoms with E-state index in [0.29, 0.717) is 24.8 Å². The topological polar surface area (TPSA) is 235 Å². The molecule has 1 aromatic carbocycles. The van der Waals surface area contributed by atoms with Crippen LogP contribution in [-0.2, 0) is 45.1 Å². The molecule has 5 atom stereocenters. The molecule has 0 aliphatic carbocycles. The summed E-state index contributed by atoms with van der Waals surface area (Å²) in [7, 11) is -3.28. The van der Waals surface area contributed by atoms with Crippen LogP contribution in [0.1, 0.15) is 44.6 Å². The predicted molar refractivity (Wildman–Crippen MR) is 146 cm³/mol. The largest absolute Gasteiger partial charge is 0.479 e. The summed E-state index contributed by atoms with van der Waals surface area (Å²) < 4.78 is 38.4. The number of benzene rings is 1. The Morgan fingerprint density at radius 1 is 1.02 bits per heavy atom. The van der Waals surface area contributed by atoms with Crippen molar-refractivity contribution in [3.8, 4) is 5.75 Å². The summed E-state index contributed by atoms with van der Waals surface area (Å²) in [6, 6.07) is 4.20. The lowest BCUT2D eigenvalue weighted by molar-refractivity contribution is -0.271. The highest BCUT2D eigenvalue weighted by Crippen LogP contribution is 2.31. The number of hydrogen-bond acceptors (Lipinski definition) is 12. The number of nitrogens with one attached hydrogen (secondary N) is 2. The van der Waals surface area contributed by atoms with Crippen LogP contribution in [0.5, 0.6) is 5.75 Å². The van der Waals surface area contributed by atoms with E-state index in [-0.39, 0.29) is 49.1 Å². The molecule has 0 saturated carbocycles. The Hall–Kier alpha value is -3.57. The third-order valence-corrected chi connectivity index (χ3v) is 7.44. The van der Waals surface area contributed by atoms with E-state index in [2.05, 4.69) is 17.2 Å². The van der Waals surface area contributed by atoms with Gasteiger partial charge in [-0.25, -0.2) is 13.2 Å². The number of sulfone groups is 1. The Kier molecular flexibility index (Phi) is 13.3. The van der Waals surface area contributed by atoms with E-state index in [1.165, 1.54) is 25.1 Å². The second kappa shape index (κ2) is 16.2. The van der Waals surface area contributed by atoms with Crippen LogP contribution < -0.4 is 15.4 Å². The van der Waals surface area contributed by atoms with Gasteiger partial charge in [0.05, 0.1) is 11.4 Å². The molecule has 0 unspecified atom stereocenters. The molecule has 16 heteroatoms. The molecule has 1 aliphatic rings. The maximum Gasteiger partial charge on any atom is 0.335 e. The lowest BCUT2D eigenvalue weighted by Gasteiger charge is -2.38. The highest BCUT2D eigenvalue weighted by Gasteiger charge is 2.48. The molecule has 234 valence electrons. The number of aliphatic carboxylic acids is 1. The number of aliphatic hydroxyl groups excluding tert-OH is 3. The van der Waals surface area contributed by atoms with Crippen LogP contribution in [-0.4, -0.2) is 95.6 Å². The molecule has 0 spiro atoms. The number of amides is 2. The van der Waals surface area contributed by atoms with Crippen LogP contribution in [0, 0.1) is 0 Å². The molecule has 1 fully saturated rings. The van der Waals surface area contributed by atoms with Gasteiger partial charge in [0.25, 0.3) is 0 Å². The average molecular weight is 617 g/mol. The summed E-state index contributed by atoms with van der Waals surface area (Å²) in [5.74, 6) is -3.18. The van der Waals surface area contributed by atoms with Crippen molar-refractivity contribution in [1.82, 2.24) is 5.32 Å². The maximum atomic E-state index is 12.6. The van der Waals surface area contributed by atoms with Crippen LogP contribution in [0.15, 0.2) is 30.2 Å². The Labute approximate surface area is 242 Å². The monoisotopic (exact) mass is 616 g/mol. The van der Waals surface area contributed by atoms with Crippen LogP contribution in [0.25, 0.3) is 0 Å². The Balaban J connectivity index is 1.99. The van der Waals surface area contributed by atoms with Gasteiger partial charge >= 0.3 is 11.9 Å². The van der Waals surface area contributed by atoms with E-state index in [1.807, 2.05) is 0 Å². The molecule has 2 amide bonds. The van der Waals surface area contributed by atoms with Gasteiger partial charge in [-0.15, -0.1) is 0 Å². The molecule has 0 radical (unpaired) electrons. The lowest BCUT2D eigenvalue weighted by atomic mass is 9.99. The molecule has 15 nitrogen and oxygen atoms in total. The lowest BCUT2D eigenvalue weighted by Crippen LogP contribution is -2.61. The SMILES string of the molecule is C=CS(=O)(=O)CCCCCC(=O)NCCC(=O)Nc1cc(COC(C)=O)ccc1O[C@@H]1O[C@H](C(=O)O)[C@@H](O)[C@H](O)[C@H]1O. The van der Waals surface area contributed by atoms with Crippen LogP contribution in [0.2, 0.25) is 0 Å². The number of aliphatic hydroxyl groups is 3. The first-order valence-corrected chi connectivity index (χ1v) is 14.7. The number of carboxylic acid groups (broad SMARTS) is 1. The average Bonchev–Trinajstić information content (AvgIpc) is 2.92. The van der Waals surface area contributed by atoms with Crippen molar-refractivity contribution in [2.24, 2.45) is 0 Å². The predicted octanol–water partition coefficient (Wildman–Crippen LogP) is -0.416. The normalized spacial score (nSPS) is 22.0. The fraction of sp³-hybridized carbons (Fsp3) is 0.538.